The molecule has 0 atom stereocenters. The van der Waals surface area contributed by atoms with Gasteiger partial charge in [-0.15, -0.1) is 0 Å². The second-order valence-electron chi connectivity index (χ2n) is 4.08. The van der Waals surface area contributed by atoms with Crippen molar-refractivity contribution in [2.75, 3.05) is 0 Å². The van der Waals surface area contributed by atoms with Crippen LogP contribution in [0.25, 0.3) is 0 Å². The highest BCUT2D eigenvalue weighted by molar-refractivity contribution is 6.31. The van der Waals surface area contributed by atoms with E-state index >= 15 is 0 Å². The van der Waals surface area contributed by atoms with Crippen LogP contribution in [-0.2, 0) is 24.2 Å². The van der Waals surface area contributed by atoms with E-state index in [0.29, 0.717) is 12.4 Å². The van der Waals surface area contributed by atoms with Gasteiger partial charge in [0.15, 0.2) is 0 Å². The van der Waals surface area contributed by atoms with Crippen molar-refractivity contribution in [1.82, 2.24) is 14.8 Å². The second-order valence-corrected chi connectivity index (χ2v) is 4.49. The molecule has 2 rings (SSSR count). The molecule has 0 radical (unpaired) electrons. The Kier molecular flexibility index (Phi) is 4.27. The third-order valence-electron chi connectivity index (χ3n) is 2.79. The number of aryl methyl sites for hydroxylation is 1. The molecule has 0 saturated heterocycles. The molecule has 0 bridgehead atoms. The van der Waals surface area contributed by atoms with Crippen LogP contribution in [0.5, 0.6) is 0 Å². The molecular formula is C13H13ClFN3O. The number of carbonyl (C=O) groups excluding carboxylic acids is 1. The number of hydrogen-bond donors (Lipinski definition) is 0. The lowest BCUT2D eigenvalue weighted by Crippen LogP contribution is -2.13. The number of ketones is 1. The third kappa shape index (κ3) is 3.17. The molecule has 1 aromatic heterocycles. The first-order valence-electron chi connectivity index (χ1n) is 5.93. The molecule has 1 heterocycles. The quantitative estimate of drug-likeness (QED) is 0.846. The van der Waals surface area contributed by atoms with E-state index in [0.717, 1.165) is 0 Å². The zero-order chi connectivity index (χ0) is 13.8. The number of benzene rings is 1. The molecule has 0 spiro atoms. The summed E-state index contributed by atoms with van der Waals surface area (Å²) in [6.07, 6.45) is 1.49. The molecule has 0 unspecified atom stereocenters. The highest BCUT2D eigenvalue weighted by Gasteiger charge is 2.14. The number of nitrogens with zero attached hydrogens (tertiary/aromatic N) is 3. The van der Waals surface area contributed by atoms with Crippen molar-refractivity contribution in [3.63, 3.8) is 0 Å². The van der Waals surface area contributed by atoms with Crippen molar-refractivity contribution in [1.29, 1.82) is 0 Å². The predicted octanol–water partition coefficient (Wildman–Crippen LogP) is 2.44. The molecule has 0 aliphatic heterocycles. The monoisotopic (exact) mass is 281 g/mol. The van der Waals surface area contributed by atoms with Crippen LogP contribution in [0.3, 0.4) is 0 Å². The lowest BCUT2D eigenvalue weighted by atomic mass is 10.1. The SMILES string of the molecule is CCn1ncnc1CC(=O)Cc1c(F)cccc1Cl. The van der Waals surface area contributed by atoms with E-state index in [1.54, 1.807) is 10.7 Å². The van der Waals surface area contributed by atoms with Crippen LogP contribution in [-0.4, -0.2) is 20.5 Å². The van der Waals surface area contributed by atoms with Crippen molar-refractivity contribution in [3.05, 3.63) is 46.8 Å². The maximum absolute atomic E-state index is 13.6. The summed E-state index contributed by atoms with van der Waals surface area (Å²) in [6, 6.07) is 4.38. The molecule has 6 heteroatoms. The van der Waals surface area contributed by atoms with Gasteiger partial charge in [0.1, 0.15) is 23.8 Å². The minimum Gasteiger partial charge on any atom is -0.299 e. The molecule has 0 aliphatic rings. The van der Waals surface area contributed by atoms with Crippen LogP contribution < -0.4 is 0 Å². The smallest absolute Gasteiger partial charge is 0.144 e. The summed E-state index contributed by atoms with van der Waals surface area (Å²) in [4.78, 5) is 16.0. The molecule has 4 nitrogen and oxygen atoms in total. The van der Waals surface area contributed by atoms with Crippen LogP contribution in [0.15, 0.2) is 24.5 Å². The Labute approximate surface area is 115 Å². The van der Waals surface area contributed by atoms with Gasteiger partial charge in [0.2, 0.25) is 0 Å². The molecule has 19 heavy (non-hydrogen) atoms. The van der Waals surface area contributed by atoms with Gasteiger partial charge in [-0.25, -0.2) is 14.1 Å². The van der Waals surface area contributed by atoms with Crippen molar-refractivity contribution in [2.24, 2.45) is 0 Å². The topological polar surface area (TPSA) is 47.8 Å². The molecule has 2 aromatic rings. The average Bonchev–Trinajstić information content (AvgIpc) is 2.81. The van der Waals surface area contributed by atoms with E-state index in [1.807, 2.05) is 6.92 Å². The van der Waals surface area contributed by atoms with E-state index in [4.69, 9.17) is 11.6 Å². The summed E-state index contributed by atoms with van der Waals surface area (Å²) in [5.41, 5.74) is 0.233. The summed E-state index contributed by atoms with van der Waals surface area (Å²) in [5, 5.41) is 4.25. The van der Waals surface area contributed by atoms with Crippen molar-refractivity contribution < 1.29 is 9.18 Å². The van der Waals surface area contributed by atoms with Gasteiger partial charge in [0.25, 0.3) is 0 Å². The molecule has 1 aromatic carbocycles. The Bertz CT molecular complexity index is 577. The summed E-state index contributed by atoms with van der Waals surface area (Å²) in [5.74, 6) is -0.0209. The maximum Gasteiger partial charge on any atom is 0.144 e. The Morgan fingerprint density at radius 2 is 2.21 bits per heavy atom. The van der Waals surface area contributed by atoms with E-state index in [2.05, 4.69) is 10.1 Å². The highest BCUT2D eigenvalue weighted by Crippen LogP contribution is 2.20. The van der Waals surface area contributed by atoms with Crippen LogP contribution in [0.4, 0.5) is 4.39 Å². The summed E-state index contributed by atoms with van der Waals surface area (Å²) in [6.45, 7) is 2.56. The number of hydrogen-bond acceptors (Lipinski definition) is 3. The Morgan fingerprint density at radius 3 is 2.89 bits per heavy atom. The van der Waals surface area contributed by atoms with Gasteiger partial charge in [0.05, 0.1) is 6.42 Å². The average molecular weight is 282 g/mol. The molecule has 0 saturated carbocycles. The van der Waals surface area contributed by atoms with Crippen LogP contribution in [0.1, 0.15) is 18.3 Å². The Morgan fingerprint density at radius 1 is 1.42 bits per heavy atom. The van der Waals surface area contributed by atoms with Crippen LogP contribution >= 0.6 is 11.6 Å². The Balaban J connectivity index is 2.10. The van der Waals surface area contributed by atoms with E-state index in [-0.39, 0.29) is 29.2 Å². The fourth-order valence-electron chi connectivity index (χ4n) is 1.83. The molecular weight excluding hydrogens is 269 g/mol. The van der Waals surface area contributed by atoms with E-state index in [9.17, 15) is 9.18 Å². The minimum atomic E-state index is -0.460. The van der Waals surface area contributed by atoms with Gasteiger partial charge in [-0.1, -0.05) is 17.7 Å². The number of aromatic nitrogens is 3. The zero-order valence-electron chi connectivity index (χ0n) is 10.4. The lowest BCUT2D eigenvalue weighted by Gasteiger charge is -2.05. The fraction of sp³-hybridized carbons (Fsp3) is 0.308. The first kappa shape index (κ1) is 13.7. The second kappa shape index (κ2) is 5.93. The number of rotatable bonds is 5. The fourth-order valence-corrected chi connectivity index (χ4v) is 2.06. The van der Waals surface area contributed by atoms with Gasteiger partial charge >= 0.3 is 0 Å². The van der Waals surface area contributed by atoms with Gasteiger partial charge in [0, 0.05) is 23.6 Å². The largest absolute Gasteiger partial charge is 0.299 e. The summed E-state index contributed by atoms with van der Waals surface area (Å²) in [7, 11) is 0. The molecule has 100 valence electrons. The minimum absolute atomic E-state index is 0.0396. The molecule has 0 fully saturated rings. The van der Waals surface area contributed by atoms with Crippen molar-refractivity contribution >= 4 is 17.4 Å². The molecule has 0 N–H and O–H groups in total. The van der Waals surface area contributed by atoms with Gasteiger partial charge < -0.3 is 0 Å². The number of Topliss-reactive ketones (excluding diaryl/α,β-unsaturated/α-hetero) is 1. The normalized spacial score (nSPS) is 10.7. The molecule has 0 aliphatic carbocycles. The maximum atomic E-state index is 13.6. The standard InChI is InChI=1S/C13H13ClFN3O/c1-2-18-13(16-8-17-18)7-9(19)6-10-11(14)4-3-5-12(10)15/h3-5,8H,2,6-7H2,1H3. The number of halogens is 2. The van der Waals surface area contributed by atoms with E-state index < -0.39 is 5.82 Å². The lowest BCUT2D eigenvalue weighted by molar-refractivity contribution is -0.118. The highest BCUT2D eigenvalue weighted by atomic mass is 35.5. The summed E-state index contributed by atoms with van der Waals surface area (Å²) >= 11 is 5.89. The zero-order valence-corrected chi connectivity index (χ0v) is 11.2. The van der Waals surface area contributed by atoms with Gasteiger partial charge in [-0.05, 0) is 19.1 Å². The first-order chi connectivity index (χ1) is 9.11. The third-order valence-corrected chi connectivity index (χ3v) is 3.14. The molecule has 0 amide bonds. The van der Waals surface area contributed by atoms with Gasteiger partial charge in [-0.3, -0.25) is 4.79 Å². The van der Waals surface area contributed by atoms with Crippen LogP contribution in [0.2, 0.25) is 5.02 Å². The first-order valence-corrected chi connectivity index (χ1v) is 6.31. The predicted molar refractivity (Wildman–Crippen MR) is 69.5 cm³/mol. The van der Waals surface area contributed by atoms with Gasteiger partial charge in [-0.2, -0.15) is 5.10 Å². The van der Waals surface area contributed by atoms with Crippen LogP contribution in [0, 0.1) is 5.82 Å². The summed E-state index contributed by atoms with van der Waals surface area (Å²) < 4.78 is 15.2. The van der Waals surface area contributed by atoms with E-state index in [1.165, 1.54) is 18.5 Å². The van der Waals surface area contributed by atoms with Crippen molar-refractivity contribution in [3.8, 4) is 0 Å². The number of carbonyl (C=O) groups is 1. The Hall–Kier alpha value is -1.75. The van der Waals surface area contributed by atoms with Crippen molar-refractivity contribution in [2.45, 2.75) is 26.3 Å².